The quantitative estimate of drug-likeness (QED) is 0.332. The van der Waals surface area contributed by atoms with Crippen molar-refractivity contribution in [3.05, 3.63) is 89.0 Å². The fraction of sp³-hybridized carbons (Fsp3) is 0.308. The van der Waals surface area contributed by atoms with Gasteiger partial charge in [-0.3, -0.25) is 0 Å². The molecule has 0 amide bonds. The molecule has 0 saturated heterocycles. The highest BCUT2D eigenvalue weighted by molar-refractivity contribution is 7.79. The fourth-order valence-corrected chi connectivity index (χ4v) is 4.72. The van der Waals surface area contributed by atoms with Crippen molar-refractivity contribution in [1.29, 1.82) is 0 Å². The molecule has 0 aromatic heterocycles. The summed E-state index contributed by atoms with van der Waals surface area (Å²) in [5.41, 5.74) is 6.91. The summed E-state index contributed by atoms with van der Waals surface area (Å²) in [6.07, 6.45) is 0.646. The van der Waals surface area contributed by atoms with Crippen molar-refractivity contribution >= 4 is 11.1 Å². The van der Waals surface area contributed by atoms with Gasteiger partial charge >= 0.3 is 0 Å². The zero-order chi connectivity index (χ0) is 22.5. The van der Waals surface area contributed by atoms with Crippen molar-refractivity contribution in [2.24, 2.45) is 0 Å². The molecule has 0 aliphatic heterocycles. The first-order valence-electron chi connectivity index (χ1n) is 10.9. The van der Waals surface area contributed by atoms with Gasteiger partial charge in [-0.25, -0.2) is 4.21 Å². The van der Waals surface area contributed by atoms with E-state index in [2.05, 4.69) is 42.6 Å². The Morgan fingerprint density at radius 1 is 1.09 bits per heavy atom. The highest BCUT2D eigenvalue weighted by Crippen LogP contribution is 2.34. The molecule has 0 heterocycles. The third-order valence-electron chi connectivity index (χ3n) is 6.05. The molecule has 5 nitrogen and oxygen atoms in total. The van der Waals surface area contributed by atoms with E-state index >= 15 is 0 Å². The molecule has 1 aliphatic carbocycles. The first kappa shape index (κ1) is 22.7. The van der Waals surface area contributed by atoms with E-state index in [4.69, 9.17) is 9.29 Å². The fourth-order valence-electron chi connectivity index (χ4n) is 4.33. The molecule has 0 radical (unpaired) electrons. The van der Waals surface area contributed by atoms with Gasteiger partial charge in [-0.15, -0.1) is 0 Å². The number of rotatable bonds is 9. The predicted molar refractivity (Wildman–Crippen MR) is 128 cm³/mol. The molecule has 0 bridgehead atoms. The molecule has 1 aliphatic rings. The number of ether oxygens (including phenoxy) is 1. The van der Waals surface area contributed by atoms with Crippen LogP contribution < -0.4 is 10.1 Å². The van der Waals surface area contributed by atoms with E-state index in [1.54, 1.807) is 0 Å². The van der Waals surface area contributed by atoms with Crippen molar-refractivity contribution in [3.63, 3.8) is 0 Å². The molecule has 168 valence electrons. The van der Waals surface area contributed by atoms with Crippen LogP contribution in [0, 0.1) is 6.92 Å². The number of benzene rings is 3. The zero-order valence-electron chi connectivity index (χ0n) is 18.2. The first-order valence-corrected chi connectivity index (χ1v) is 12.2. The van der Waals surface area contributed by atoms with E-state index in [1.165, 1.54) is 16.7 Å². The second-order valence-electron chi connectivity index (χ2n) is 8.19. The summed E-state index contributed by atoms with van der Waals surface area (Å²) in [5, 5.41) is 13.8. The minimum Gasteiger partial charge on any atom is -0.489 e. The van der Waals surface area contributed by atoms with Gasteiger partial charge in [0, 0.05) is 6.42 Å². The lowest BCUT2D eigenvalue weighted by atomic mass is 9.97. The van der Waals surface area contributed by atoms with Gasteiger partial charge in [0.15, 0.2) is 11.1 Å². The highest BCUT2D eigenvalue weighted by atomic mass is 32.2. The standard InChI is InChI=1S/C26H29NO4S/c1-18-20(9-5-10-23(18)19-7-3-2-4-8-19)17-31-22-11-12-24-21(15-22)16-25(28)26(24)27-13-6-14-32(29)30/h2-5,7-12,15,25-28H,6,13-14,16-17H2,1H3,(H,29,30)/t25-,26-/m1/s1. The van der Waals surface area contributed by atoms with Gasteiger partial charge in [-0.05, 0) is 65.4 Å². The number of hydrogen-bond acceptors (Lipinski definition) is 4. The Balaban J connectivity index is 1.42. The molecule has 3 N–H and O–H groups in total. The van der Waals surface area contributed by atoms with E-state index in [0.717, 1.165) is 22.4 Å². The molecule has 4 rings (SSSR count). The third kappa shape index (κ3) is 5.27. The van der Waals surface area contributed by atoms with Crippen LogP contribution in [0.1, 0.15) is 34.7 Å². The molecule has 1 unspecified atom stereocenters. The van der Waals surface area contributed by atoms with Gasteiger partial charge in [-0.2, -0.15) is 0 Å². The Labute approximate surface area is 191 Å². The van der Waals surface area contributed by atoms with E-state index < -0.39 is 17.2 Å². The molecular formula is C26H29NO4S. The van der Waals surface area contributed by atoms with Crippen LogP contribution >= 0.6 is 0 Å². The second kappa shape index (κ2) is 10.4. The smallest absolute Gasteiger partial charge is 0.152 e. The minimum atomic E-state index is -1.78. The maximum atomic E-state index is 10.8. The van der Waals surface area contributed by atoms with Crippen LogP contribution in [0.25, 0.3) is 11.1 Å². The lowest BCUT2D eigenvalue weighted by molar-refractivity contribution is 0.141. The summed E-state index contributed by atoms with van der Waals surface area (Å²) in [6, 6.07) is 22.5. The number of hydrogen-bond donors (Lipinski definition) is 3. The SMILES string of the molecule is Cc1c(COc2ccc3c(c2)C[C@@H](O)[C@@H]3NCCCS(=O)O)cccc1-c1ccccc1. The van der Waals surface area contributed by atoms with Gasteiger partial charge in [-0.1, -0.05) is 54.6 Å². The zero-order valence-corrected chi connectivity index (χ0v) is 19.0. The van der Waals surface area contributed by atoms with Gasteiger partial charge in [0.1, 0.15) is 12.4 Å². The lowest BCUT2D eigenvalue weighted by Crippen LogP contribution is -2.30. The Kier molecular flexibility index (Phi) is 7.37. The van der Waals surface area contributed by atoms with Crippen LogP contribution in [0.15, 0.2) is 66.7 Å². The summed E-state index contributed by atoms with van der Waals surface area (Å²) < 4.78 is 25.8. The van der Waals surface area contributed by atoms with E-state index in [0.29, 0.717) is 26.0 Å². The molecule has 3 atom stereocenters. The van der Waals surface area contributed by atoms with Crippen molar-refractivity contribution in [1.82, 2.24) is 5.32 Å². The molecule has 0 saturated carbocycles. The Hall–Kier alpha value is -2.51. The van der Waals surface area contributed by atoms with Crippen molar-refractivity contribution < 1.29 is 18.6 Å². The van der Waals surface area contributed by atoms with Gasteiger partial charge in [0.05, 0.1) is 17.9 Å². The molecule has 32 heavy (non-hydrogen) atoms. The van der Waals surface area contributed by atoms with Gasteiger partial charge < -0.3 is 19.7 Å². The van der Waals surface area contributed by atoms with Crippen molar-refractivity contribution in [2.45, 2.75) is 38.5 Å². The van der Waals surface area contributed by atoms with E-state index in [9.17, 15) is 9.32 Å². The Morgan fingerprint density at radius 3 is 2.69 bits per heavy atom. The number of aliphatic hydroxyl groups is 1. The Bertz CT molecular complexity index is 1090. The maximum absolute atomic E-state index is 10.8. The maximum Gasteiger partial charge on any atom is 0.152 e. The highest BCUT2D eigenvalue weighted by Gasteiger charge is 2.30. The largest absolute Gasteiger partial charge is 0.489 e. The van der Waals surface area contributed by atoms with Crippen LogP contribution in [-0.2, 0) is 24.1 Å². The van der Waals surface area contributed by atoms with Gasteiger partial charge in [0.25, 0.3) is 0 Å². The number of fused-ring (bicyclic) bond motifs is 1. The normalized spacial score (nSPS) is 18.3. The second-order valence-corrected chi connectivity index (χ2v) is 9.24. The van der Waals surface area contributed by atoms with Gasteiger partial charge in [0.2, 0.25) is 0 Å². The van der Waals surface area contributed by atoms with Crippen LogP contribution in [0.5, 0.6) is 5.75 Å². The summed E-state index contributed by atoms with van der Waals surface area (Å²) in [4.78, 5) is 0. The molecule has 0 fully saturated rings. The molecule has 0 spiro atoms. The molecule has 6 heteroatoms. The lowest BCUT2D eigenvalue weighted by Gasteiger charge is -2.18. The van der Waals surface area contributed by atoms with Crippen LogP contribution in [0.3, 0.4) is 0 Å². The van der Waals surface area contributed by atoms with E-state index in [-0.39, 0.29) is 11.8 Å². The van der Waals surface area contributed by atoms with Crippen molar-refractivity contribution in [2.75, 3.05) is 12.3 Å². The molecule has 3 aromatic carbocycles. The molecule has 3 aromatic rings. The van der Waals surface area contributed by atoms with E-state index in [1.807, 2.05) is 36.4 Å². The number of aliphatic hydroxyl groups excluding tert-OH is 1. The summed E-state index contributed by atoms with van der Waals surface area (Å²) >= 11 is -1.78. The average molecular weight is 452 g/mol. The first-order chi connectivity index (χ1) is 15.5. The summed E-state index contributed by atoms with van der Waals surface area (Å²) in [6.45, 7) is 3.19. The summed E-state index contributed by atoms with van der Waals surface area (Å²) in [7, 11) is 0. The topological polar surface area (TPSA) is 78.8 Å². The Morgan fingerprint density at radius 2 is 1.91 bits per heavy atom. The van der Waals surface area contributed by atoms with Crippen LogP contribution in [0.4, 0.5) is 0 Å². The summed E-state index contributed by atoms with van der Waals surface area (Å²) in [5.74, 6) is 1.03. The predicted octanol–water partition coefficient (Wildman–Crippen LogP) is 4.40. The minimum absolute atomic E-state index is 0.157. The van der Waals surface area contributed by atoms with Crippen molar-refractivity contribution in [3.8, 4) is 16.9 Å². The van der Waals surface area contributed by atoms with Crippen LogP contribution in [-0.4, -0.2) is 32.3 Å². The van der Waals surface area contributed by atoms with Crippen LogP contribution in [0.2, 0.25) is 0 Å². The average Bonchev–Trinajstić information content (AvgIpc) is 3.10. The number of nitrogens with one attached hydrogen (secondary N) is 1. The third-order valence-corrected chi connectivity index (χ3v) is 6.69. The molecular weight excluding hydrogens is 422 g/mol. The monoisotopic (exact) mass is 451 g/mol.